The van der Waals surface area contributed by atoms with Crippen molar-refractivity contribution in [2.45, 2.75) is 46.6 Å². The van der Waals surface area contributed by atoms with Gasteiger partial charge < -0.3 is 10.2 Å². The van der Waals surface area contributed by atoms with Crippen LogP contribution in [0, 0.1) is 11.8 Å². The van der Waals surface area contributed by atoms with E-state index >= 15 is 0 Å². The summed E-state index contributed by atoms with van der Waals surface area (Å²) in [5.41, 5.74) is 2.53. The molecule has 1 heterocycles. The summed E-state index contributed by atoms with van der Waals surface area (Å²) in [6.45, 7) is 10.4. The Bertz CT molecular complexity index is 461. The number of nitrogens with one attached hydrogen (secondary N) is 2. The molecule has 0 saturated heterocycles. The van der Waals surface area contributed by atoms with Gasteiger partial charge in [-0.1, -0.05) is 13.8 Å². The van der Waals surface area contributed by atoms with E-state index in [9.17, 15) is 0 Å². The van der Waals surface area contributed by atoms with Crippen LogP contribution in [-0.2, 0) is 0 Å². The summed E-state index contributed by atoms with van der Waals surface area (Å²) in [6, 6.07) is 0.414. The number of hydrazine groups is 1. The fraction of sp³-hybridized carbons (Fsp3) is 0.786. The standard InChI is InChI=1S/C14H27N7/c1-5-21(6-2)14-18-12(17-13(19-14)20-15)16-11-8-7-9(3)10(11)4/h9-11H,5-8,15H2,1-4H3,(H2,16,17,18,19,20). The maximum absolute atomic E-state index is 5.48. The molecule has 21 heavy (non-hydrogen) atoms. The van der Waals surface area contributed by atoms with Gasteiger partial charge in [0.15, 0.2) is 0 Å². The molecule has 0 aliphatic heterocycles. The lowest BCUT2D eigenvalue weighted by atomic mass is 9.98. The summed E-state index contributed by atoms with van der Waals surface area (Å²) < 4.78 is 0. The Labute approximate surface area is 126 Å². The average molecular weight is 293 g/mol. The van der Waals surface area contributed by atoms with E-state index < -0.39 is 0 Å². The summed E-state index contributed by atoms with van der Waals surface area (Å²) in [5, 5.41) is 3.45. The molecule has 2 rings (SSSR count). The van der Waals surface area contributed by atoms with Gasteiger partial charge in [-0.25, -0.2) is 5.84 Å². The fourth-order valence-corrected chi connectivity index (χ4v) is 2.88. The maximum atomic E-state index is 5.48. The second-order valence-corrected chi connectivity index (χ2v) is 5.76. The molecule has 0 bridgehead atoms. The first-order valence-electron chi connectivity index (χ1n) is 7.83. The van der Waals surface area contributed by atoms with Crippen molar-refractivity contribution < 1.29 is 0 Å². The predicted molar refractivity (Wildman–Crippen MR) is 86.2 cm³/mol. The van der Waals surface area contributed by atoms with Crippen LogP contribution in [0.25, 0.3) is 0 Å². The Morgan fingerprint density at radius 3 is 2.29 bits per heavy atom. The largest absolute Gasteiger partial charge is 0.351 e. The number of aromatic nitrogens is 3. The topological polar surface area (TPSA) is 92.0 Å². The third-order valence-corrected chi connectivity index (χ3v) is 4.58. The monoisotopic (exact) mass is 293 g/mol. The van der Waals surface area contributed by atoms with Crippen molar-refractivity contribution in [1.29, 1.82) is 0 Å². The van der Waals surface area contributed by atoms with Crippen molar-refractivity contribution in [3.05, 3.63) is 0 Å². The number of hydrogen-bond acceptors (Lipinski definition) is 7. The van der Waals surface area contributed by atoms with E-state index in [1.54, 1.807) is 0 Å². The van der Waals surface area contributed by atoms with Gasteiger partial charge in [-0.15, -0.1) is 0 Å². The highest BCUT2D eigenvalue weighted by Crippen LogP contribution is 2.32. The molecule has 4 N–H and O–H groups in total. The van der Waals surface area contributed by atoms with E-state index in [-0.39, 0.29) is 0 Å². The molecular formula is C14H27N7. The van der Waals surface area contributed by atoms with E-state index in [1.165, 1.54) is 6.42 Å². The molecule has 1 aliphatic carbocycles. The second kappa shape index (κ2) is 6.89. The van der Waals surface area contributed by atoms with Crippen LogP contribution in [0.5, 0.6) is 0 Å². The number of nitrogens with zero attached hydrogens (tertiary/aromatic N) is 4. The van der Waals surface area contributed by atoms with Crippen molar-refractivity contribution >= 4 is 17.8 Å². The molecule has 0 amide bonds. The van der Waals surface area contributed by atoms with Gasteiger partial charge in [0.05, 0.1) is 0 Å². The molecule has 1 aliphatic rings. The van der Waals surface area contributed by atoms with E-state index in [0.717, 1.165) is 25.4 Å². The second-order valence-electron chi connectivity index (χ2n) is 5.76. The van der Waals surface area contributed by atoms with Crippen molar-refractivity contribution in [1.82, 2.24) is 15.0 Å². The normalized spacial score (nSPS) is 24.9. The molecule has 1 saturated carbocycles. The lowest BCUT2D eigenvalue weighted by molar-refractivity contribution is 0.434. The molecule has 1 aromatic rings. The summed E-state index contributed by atoms with van der Waals surface area (Å²) in [6.07, 6.45) is 2.40. The summed E-state index contributed by atoms with van der Waals surface area (Å²) >= 11 is 0. The van der Waals surface area contributed by atoms with E-state index in [2.05, 4.69) is 58.3 Å². The molecule has 3 unspecified atom stereocenters. The minimum absolute atomic E-state index is 0.396. The van der Waals surface area contributed by atoms with Gasteiger partial charge >= 0.3 is 0 Å². The van der Waals surface area contributed by atoms with Crippen molar-refractivity contribution in [3.8, 4) is 0 Å². The van der Waals surface area contributed by atoms with Crippen LogP contribution in [0.4, 0.5) is 17.8 Å². The Kier molecular flexibility index (Phi) is 5.17. The highest BCUT2D eigenvalue weighted by Gasteiger charge is 2.30. The zero-order chi connectivity index (χ0) is 15.4. The van der Waals surface area contributed by atoms with Crippen LogP contribution in [0.2, 0.25) is 0 Å². The van der Waals surface area contributed by atoms with Gasteiger partial charge in [-0.2, -0.15) is 15.0 Å². The van der Waals surface area contributed by atoms with Gasteiger partial charge in [-0.3, -0.25) is 5.43 Å². The van der Waals surface area contributed by atoms with Gasteiger partial charge in [0.25, 0.3) is 0 Å². The smallest absolute Gasteiger partial charge is 0.243 e. The molecule has 7 heteroatoms. The predicted octanol–water partition coefficient (Wildman–Crippen LogP) is 1.85. The number of nitrogen functional groups attached to an aromatic ring is 1. The summed E-state index contributed by atoms with van der Waals surface area (Å²) in [7, 11) is 0. The molecule has 0 spiro atoms. The van der Waals surface area contributed by atoms with Crippen molar-refractivity contribution in [2.24, 2.45) is 17.7 Å². The number of hydrogen-bond donors (Lipinski definition) is 3. The Hall–Kier alpha value is -1.63. The van der Waals surface area contributed by atoms with Gasteiger partial charge in [0.1, 0.15) is 0 Å². The number of rotatable bonds is 6. The zero-order valence-electron chi connectivity index (χ0n) is 13.4. The van der Waals surface area contributed by atoms with Crippen LogP contribution in [-0.4, -0.2) is 34.1 Å². The van der Waals surface area contributed by atoms with E-state index in [1.807, 2.05) is 0 Å². The highest BCUT2D eigenvalue weighted by atomic mass is 15.4. The van der Waals surface area contributed by atoms with Crippen molar-refractivity contribution in [3.63, 3.8) is 0 Å². The van der Waals surface area contributed by atoms with E-state index in [0.29, 0.717) is 29.8 Å². The molecule has 3 atom stereocenters. The molecular weight excluding hydrogens is 266 g/mol. The Morgan fingerprint density at radius 1 is 1.10 bits per heavy atom. The van der Waals surface area contributed by atoms with Crippen LogP contribution in [0.1, 0.15) is 40.5 Å². The molecule has 1 fully saturated rings. The number of anilines is 3. The molecule has 1 aromatic heterocycles. The third-order valence-electron chi connectivity index (χ3n) is 4.58. The van der Waals surface area contributed by atoms with Gasteiger partial charge in [-0.05, 0) is 38.5 Å². The molecule has 7 nitrogen and oxygen atoms in total. The minimum Gasteiger partial charge on any atom is -0.351 e. The lowest BCUT2D eigenvalue weighted by Gasteiger charge is -2.22. The van der Waals surface area contributed by atoms with Crippen LogP contribution >= 0.6 is 0 Å². The first-order valence-corrected chi connectivity index (χ1v) is 7.83. The van der Waals surface area contributed by atoms with Gasteiger partial charge in [0.2, 0.25) is 17.8 Å². The van der Waals surface area contributed by atoms with E-state index in [4.69, 9.17) is 5.84 Å². The molecule has 0 aromatic carbocycles. The minimum atomic E-state index is 0.396. The fourth-order valence-electron chi connectivity index (χ4n) is 2.88. The van der Waals surface area contributed by atoms with Crippen LogP contribution in [0.3, 0.4) is 0 Å². The maximum Gasteiger partial charge on any atom is 0.243 e. The Balaban J connectivity index is 2.20. The lowest BCUT2D eigenvalue weighted by Crippen LogP contribution is -2.29. The average Bonchev–Trinajstić information content (AvgIpc) is 2.80. The quantitative estimate of drug-likeness (QED) is 0.544. The molecule has 0 radical (unpaired) electrons. The SMILES string of the molecule is CCN(CC)c1nc(NN)nc(NC2CCC(C)C2C)n1. The number of nitrogens with two attached hydrogens (primary N) is 1. The first-order chi connectivity index (χ1) is 10.1. The first kappa shape index (κ1) is 15.8. The van der Waals surface area contributed by atoms with Crippen molar-refractivity contribution in [2.75, 3.05) is 28.7 Å². The zero-order valence-corrected chi connectivity index (χ0v) is 13.4. The summed E-state index contributed by atoms with van der Waals surface area (Å²) in [5.74, 6) is 8.49. The van der Waals surface area contributed by atoms with Gasteiger partial charge in [0, 0.05) is 19.1 Å². The summed E-state index contributed by atoms with van der Waals surface area (Å²) in [4.78, 5) is 15.3. The molecule has 118 valence electrons. The Morgan fingerprint density at radius 2 is 1.76 bits per heavy atom. The third kappa shape index (κ3) is 3.53. The van der Waals surface area contributed by atoms with Crippen LogP contribution < -0.4 is 21.5 Å². The van der Waals surface area contributed by atoms with Crippen LogP contribution in [0.15, 0.2) is 0 Å². The highest BCUT2D eigenvalue weighted by molar-refractivity contribution is 5.43.